The number of rotatable bonds is 7. The van der Waals surface area contributed by atoms with Crippen LogP contribution in [0.15, 0.2) is 36.4 Å². The van der Waals surface area contributed by atoms with Gasteiger partial charge in [0.1, 0.15) is 5.75 Å². The van der Waals surface area contributed by atoms with E-state index in [1.165, 1.54) is 51.6 Å². The summed E-state index contributed by atoms with van der Waals surface area (Å²) in [6, 6.07) is 12.6. The van der Waals surface area contributed by atoms with Crippen LogP contribution in [0.1, 0.15) is 68.1 Å². The van der Waals surface area contributed by atoms with Crippen molar-refractivity contribution in [2.24, 2.45) is 0 Å². The van der Waals surface area contributed by atoms with Crippen LogP contribution >= 0.6 is 0 Å². The lowest BCUT2D eigenvalue weighted by Gasteiger charge is -2.31. The molecule has 0 aromatic heterocycles. The molecular formula is C26H36N2O2. The molecule has 4 heteroatoms. The van der Waals surface area contributed by atoms with E-state index >= 15 is 0 Å². The van der Waals surface area contributed by atoms with Gasteiger partial charge in [0.2, 0.25) is 0 Å². The van der Waals surface area contributed by atoms with Crippen molar-refractivity contribution in [3.63, 3.8) is 0 Å². The van der Waals surface area contributed by atoms with Crippen LogP contribution in [0.2, 0.25) is 0 Å². The van der Waals surface area contributed by atoms with Crippen LogP contribution in [-0.2, 0) is 0 Å². The lowest BCUT2D eigenvalue weighted by molar-refractivity contribution is 0.0696. The lowest BCUT2D eigenvalue weighted by Crippen LogP contribution is -2.38. The highest BCUT2D eigenvalue weighted by Gasteiger charge is 2.23. The number of amides is 1. The molecule has 4 rings (SSSR count). The maximum Gasteiger partial charge on any atom is 0.253 e. The Morgan fingerprint density at radius 2 is 1.67 bits per heavy atom. The van der Waals surface area contributed by atoms with Gasteiger partial charge in [0.25, 0.3) is 5.91 Å². The molecule has 1 saturated heterocycles. The molecule has 2 aliphatic rings. The van der Waals surface area contributed by atoms with Crippen LogP contribution < -0.4 is 4.74 Å². The van der Waals surface area contributed by atoms with Crippen LogP contribution in [0, 0.1) is 0 Å². The number of ether oxygens (including phenoxy) is 1. The predicted molar refractivity (Wildman–Crippen MR) is 123 cm³/mol. The fourth-order valence-corrected chi connectivity index (χ4v) is 4.95. The van der Waals surface area contributed by atoms with Gasteiger partial charge in [0, 0.05) is 25.2 Å². The molecule has 0 N–H and O–H groups in total. The van der Waals surface area contributed by atoms with Crippen molar-refractivity contribution in [1.29, 1.82) is 0 Å². The largest absolute Gasteiger partial charge is 0.494 e. The molecule has 0 bridgehead atoms. The molecule has 0 unspecified atom stereocenters. The summed E-state index contributed by atoms with van der Waals surface area (Å²) in [5, 5.41) is 2.22. The van der Waals surface area contributed by atoms with Gasteiger partial charge in [0.05, 0.1) is 6.61 Å². The number of likely N-dealkylation sites (tertiary alicyclic amines) is 1. The number of hydrogen-bond donors (Lipinski definition) is 0. The van der Waals surface area contributed by atoms with Gasteiger partial charge in [-0.05, 0) is 80.2 Å². The molecule has 30 heavy (non-hydrogen) atoms. The number of piperidine rings is 1. The van der Waals surface area contributed by atoms with Gasteiger partial charge in [-0.15, -0.1) is 0 Å². The Morgan fingerprint density at radius 1 is 0.967 bits per heavy atom. The second-order valence-corrected chi connectivity index (χ2v) is 9.04. The Morgan fingerprint density at radius 3 is 2.47 bits per heavy atom. The number of hydrogen-bond acceptors (Lipinski definition) is 3. The first-order chi connectivity index (χ1) is 14.7. The minimum atomic E-state index is 0.141. The summed E-state index contributed by atoms with van der Waals surface area (Å²) < 4.78 is 6.00. The predicted octanol–water partition coefficient (Wildman–Crippen LogP) is 5.50. The number of carbonyl (C=O) groups excluding carboxylic acids is 1. The molecule has 0 atom stereocenters. The molecule has 2 aromatic rings. The fourth-order valence-electron chi connectivity index (χ4n) is 4.95. The number of fused-ring (bicyclic) bond motifs is 1. The third kappa shape index (κ3) is 5.34. The van der Waals surface area contributed by atoms with Crippen molar-refractivity contribution in [2.75, 3.05) is 33.3 Å². The van der Waals surface area contributed by atoms with Gasteiger partial charge in [-0.2, -0.15) is 0 Å². The molecule has 0 spiro atoms. The zero-order valence-corrected chi connectivity index (χ0v) is 18.4. The van der Waals surface area contributed by atoms with E-state index in [0.717, 1.165) is 54.5 Å². The van der Waals surface area contributed by atoms with Gasteiger partial charge < -0.3 is 14.5 Å². The van der Waals surface area contributed by atoms with Gasteiger partial charge in [-0.1, -0.05) is 37.8 Å². The first-order valence-electron chi connectivity index (χ1n) is 11.9. The van der Waals surface area contributed by atoms with Crippen molar-refractivity contribution < 1.29 is 9.53 Å². The van der Waals surface area contributed by atoms with Gasteiger partial charge in [0.15, 0.2) is 0 Å². The Balaban J connectivity index is 1.33. The molecule has 1 heterocycles. The Bertz CT molecular complexity index is 838. The van der Waals surface area contributed by atoms with Gasteiger partial charge in [-0.3, -0.25) is 4.79 Å². The second-order valence-electron chi connectivity index (χ2n) is 9.04. The average Bonchev–Trinajstić information content (AvgIpc) is 2.81. The molecule has 2 fully saturated rings. The Kier molecular flexibility index (Phi) is 7.27. The van der Waals surface area contributed by atoms with E-state index < -0.39 is 0 Å². The van der Waals surface area contributed by atoms with Crippen LogP contribution in [0.3, 0.4) is 0 Å². The van der Waals surface area contributed by atoms with Gasteiger partial charge >= 0.3 is 0 Å². The molecule has 4 nitrogen and oxygen atoms in total. The molecule has 1 aliphatic carbocycles. The normalized spacial score (nSPS) is 18.4. The summed E-state index contributed by atoms with van der Waals surface area (Å²) in [7, 11) is 1.96. The van der Waals surface area contributed by atoms with Crippen LogP contribution in [-0.4, -0.2) is 55.0 Å². The van der Waals surface area contributed by atoms with E-state index in [0.29, 0.717) is 6.04 Å². The first-order valence-corrected chi connectivity index (χ1v) is 11.9. The Labute approximate surface area is 181 Å². The molecule has 2 aromatic carbocycles. The van der Waals surface area contributed by atoms with Crippen molar-refractivity contribution in [3.05, 3.63) is 42.0 Å². The van der Waals surface area contributed by atoms with E-state index in [9.17, 15) is 4.79 Å². The fraction of sp³-hybridized carbons (Fsp3) is 0.577. The molecule has 1 amide bonds. The van der Waals surface area contributed by atoms with E-state index in [-0.39, 0.29) is 5.91 Å². The summed E-state index contributed by atoms with van der Waals surface area (Å²) in [6.07, 6.45) is 11.2. The number of carbonyl (C=O) groups is 1. The lowest BCUT2D eigenvalue weighted by atomic mass is 9.94. The van der Waals surface area contributed by atoms with E-state index in [2.05, 4.69) is 23.1 Å². The minimum absolute atomic E-state index is 0.141. The summed E-state index contributed by atoms with van der Waals surface area (Å²) in [5.74, 6) is 1.06. The third-order valence-corrected chi connectivity index (χ3v) is 6.84. The van der Waals surface area contributed by atoms with E-state index in [1.807, 2.05) is 30.1 Å². The maximum absolute atomic E-state index is 13.0. The second kappa shape index (κ2) is 10.3. The highest BCUT2D eigenvalue weighted by Crippen LogP contribution is 2.26. The minimum Gasteiger partial charge on any atom is -0.494 e. The number of benzene rings is 2. The summed E-state index contributed by atoms with van der Waals surface area (Å²) in [6.45, 7) is 4.37. The Hall–Kier alpha value is -2.07. The highest BCUT2D eigenvalue weighted by atomic mass is 16.5. The molecular weight excluding hydrogens is 372 g/mol. The summed E-state index contributed by atoms with van der Waals surface area (Å²) in [4.78, 5) is 17.5. The summed E-state index contributed by atoms with van der Waals surface area (Å²) >= 11 is 0. The zero-order valence-electron chi connectivity index (χ0n) is 18.4. The van der Waals surface area contributed by atoms with Crippen molar-refractivity contribution in [2.45, 2.75) is 63.8 Å². The highest BCUT2D eigenvalue weighted by molar-refractivity contribution is 5.98. The molecule has 1 aliphatic heterocycles. The maximum atomic E-state index is 13.0. The topological polar surface area (TPSA) is 32.8 Å². The van der Waals surface area contributed by atoms with Crippen molar-refractivity contribution in [1.82, 2.24) is 9.80 Å². The monoisotopic (exact) mass is 408 g/mol. The van der Waals surface area contributed by atoms with Crippen molar-refractivity contribution in [3.8, 4) is 5.75 Å². The summed E-state index contributed by atoms with van der Waals surface area (Å²) in [5.41, 5.74) is 0.783. The standard InChI is InChI=1S/C26H36N2O2/c1-27(24-9-4-2-5-10-24)26(29)23-12-11-22-20-25(14-13-21(22)19-23)30-18-8-17-28-15-6-3-7-16-28/h11-14,19-20,24H,2-10,15-18H2,1H3. The molecule has 1 saturated carbocycles. The number of nitrogens with zero attached hydrogens (tertiary/aromatic N) is 2. The first kappa shape index (κ1) is 21.2. The smallest absolute Gasteiger partial charge is 0.253 e. The van der Waals surface area contributed by atoms with Gasteiger partial charge in [-0.25, -0.2) is 0 Å². The quantitative estimate of drug-likeness (QED) is 0.567. The van der Waals surface area contributed by atoms with Crippen LogP contribution in [0.5, 0.6) is 5.75 Å². The van der Waals surface area contributed by atoms with Crippen LogP contribution in [0.4, 0.5) is 0 Å². The van der Waals surface area contributed by atoms with Crippen molar-refractivity contribution >= 4 is 16.7 Å². The zero-order chi connectivity index (χ0) is 20.8. The third-order valence-electron chi connectivity index (χ3n) is 6.84. The SMILES string of the molecule is CN(C(=O)c1ccc2cc(OCCCN3CCCCC3)ccc2c1)C1CCCCC1. The van der Waals surface area contributed by atoms with E-state index in [4.69, 9.17) is 4.74 Å². The molecule has 162 valence electrons. The van der Waals surface area contributed by atoms with E-state index in [1.54, 1.807) is 0 Å². The van der Waals surface area contributed by atoms with Crippen LogP contribution in [0.25, 0.3) is 10.8 Å². The average molecular weight is 409 g/mol. The molecule has 0 radical (unpaired) electrons.